The van der Waals surface area contributed by atoms with E-state index in [0.717, 1.165) is 15.7 Å². The minimum Gasteiger partial charge on any atom is -0.468 e. The van der Waals surface area contributed by atoms with E-state index in [1.54, 1.807) is 0 Å². The van der Waals surface area contributed by atoms with Gasteiger partial charge >= 0.3 is 5.97 Å². The van der Waals surface area contributed by atoms with Gasteiger partial charge in [-0.3, -0.25) is 14.9 Å². The van der Waals surface area contributed by atoms with Crippen LogP contribution < -0.4 is 10.6 Å². The molecule has 1 unspecified atom stereocenters. The van der Waals surface area contributed by atoms with Crippen molar-refractivity contribution in [2.24, 2.45) is 0 Å². The molecule has 2 rings (SSSR count). The van der Waals surface area contributed by atoms with Crippen molar-refractivity contribution in [2.75, 3.05) is 19.0 Å². The second kappa shape index (κ2) is 4.85. The van der Waals surface area contributed by atoms with Gasteiger partial charge < -0.3 is 10.1 Å². The molecule has 0 saturated carbocycles. The maximum absolute atomic E-state index is 11.7. The van der Waals surface area contributed by atoms with E-state index in [1.807, 2.05) is 18.2 Å². The largest absolute Gasteiger partial charge is 0.468 e. The Hall–Kier alpha value is -1.40. The minimum absolute atomic E-state index is 0.00460. The highest BCUT2D eigenvalue weighted by Gasteiger charge is 2.32. The lowest BCUT2D eigenvalue weighted by atomic mass is 10.1. The fourth-order valence-corrected chi connectivity index (χ4v) is 2.32. The van der Waals surface area contributed by atoms with E-state index in [-0.39, 0.29) is 12.5 Å². The van der Waals surface area contributed by atoms with Crippen molar-refractivity contribution in [1.29, 1.82) is 0 Å². The third-order valence-electron chi connectivity index (χ3n) is 2.54. The topological polar surface area (TPSA) is 67.4 Å². The van der Waals surface area contributed by atoms with E-state index in [4.69, 9.17) is 0 Å². The average Bonchev–Trinajstić information content (AvgIpc) is 2.63. The van der Waals surface area contributed by atoms with Crippen LogP contribution in [-0.2, 0) is 14.3 Å². The number of fused-ring (bicyclic) bond motifs is 1. The number of rotatable bonds is 3. The standard InChI is InChI=1S/C11H11BrN2O3/c1-17-8(15)5-13-10-9-6(12)3-2-4-7(9)14-11(10)16/h2-4,10,13H,5H2,1H3,(H,14,16). The zero-order valence-corrected chi connectivity index (χ0v) is 10.7. The second-order valence-corrected chi connectivity index (χ2v) is 4.43. The summed E-state index contributed by atoms with van der Waals surface area (Å²) in [5.41, 5.74) is 1.58. The number of hydrogen-bond donors (Lipinski definition) is 2. The van der Waals surface area contributed by atoms with Gasteiger partial charge in [-0.05, 0) is 12.1 Å². The van der Waals surface area contributed by atoms with Gasteiger partial charge in [-0.25, -0.2) is 0 Å². The number of benzene rings is 1. The van der Waals surface area contributed by atoms with Crippen LogP contribution in [-0.4, -0.2) is 25.5 Å². The highest BCUT2D eigenvalue weighted by Crippen LogP contribution is 2.36. The number of carbonyl (C=O) groups excluding carboxylic acids is 2. The van der Waals surface area contributed by atoms with Crippen molar-refractivity contribution >= 4 is 33.5 Å². The van der Waals surface area contributed by atoms with E-state index in [2.05, 4.69) is 31.3 Å². The maximum Gasteiger partial charge on any atom is 0.319 e. The van der Waals surface area contributed by atoms with Gasteiger partial charge in [0.25, 0.3) is 0 Å². The second-order valence-electron chi connectivity index (χ2n) is 3.58. The number of carbonyl (C=O) groups is 2. The Balaban J connectivity index is 2.20. The molecule has 1 amide bonds. The van der Waals surface area contributed by atoms with Crippen molar-refractivity contribution in [2.45, 2.75) is 6.04 Å². The summed E-state index contributed by atoms with van der Waals surface area (Å²) in [6.07, 6.45) is 0. The summed E-state index contributed by atoms with van der Waals surface area (Å²) < 4.78 is 5.35. The molecule has 1 aliphatic rings. The van der Waals surface area contributed by atoms with Crippen molar-refractivity contribution in [3.05, 3.63) is 28.2 Å². The third kappa shape index (κ3) is 2.32. The molecule has 5 nitrogen and oxygen atoms in total. The minimum atomic E-state index is -0.528. The van der Waals surface area contributed by atoms with Crippen LogP contribution in [0.3, 0.4) is 0 Å². The fourth-order valence-electron chi connectivity index (χ4n) is 1.73. The highest BCUT2D eigenvalue weighted by molar-refractivity contribution is 9.10. The van der Waals surface area contributed by atoms with Gasteiger partial charge in [0.1, 0.15) is 6.04 Å². The van der Waals surface area contributed by atoms with Gasteiger partial charge in [0.15, 0.2) is 0 Å². The number of halogens is 1. The first-order valence-electron chi connectivity index (χ1n) is 5.03. The number of ether oxygens (including phenoxy) is 1. The van der Waals surface area contributed by atoms with Crippen LogP contribution in [0.2, 0.25) is 0 Å². The van der Waals surface area contributed by atoms with Gasteiger partial charge in [-0.1, -0.05) is 22.0 Å². The molecule has 1 aromatic carbocycles. The predicted octanol–water partition coefficient (Wildman–Crippen LogP) is 1.20. The molecule has 1 heterocycles. The van der Waals surface area contributed by atoms with E-state index in [1.165, 1.54) is 7.11 Å². The Morgan fingerprint density at radius 2 is 2.35 bits per heavy atom. The lowest BCUT2D eigenvalue weighted by Crippen LogP contribution is -2.32. The zero-order chi connectivity index (χ0) is 12.4. The molecule has 0 saturated heterocycles. The molecule has 2 N–H and O–H groups in total. The van der Waals surface area contributed by atoms with Crippen molar-refractivity contribution in [3.63, 3.8) is 0 Å². The van der Waals surface area contributed by atoms with E-state index in [9.17, 15) is 9.59 Å². The van der Waals surface area contributed by atoms with Crippen LogP contribution in [0, 0.1) is 0 Å². The molecule has 1 atom stereocenters. The lowest BCUT2D eigenvalue weighted by Gasteiger charge is -2.11. The van der Waals surface area contributed by atoms with Gasteiger partial charge in [0, 0.05) is 15.7 Å². The number of esters is 1. The van der Waals surface area contributed by atoms with Gasteiger partial charge in [0.05, 0.1) is 13.7 Å². The molecule has 0 aliphatic carbocycles. The molecular weight excluding hydrogens is 288 g/mol. The number of methoxy groups -OCH3 is 1. The Morgan fingerprint density at radius 3 is 3.06 bits per heavy atom. The van der Waals surface area contributed by atoms with Crippen LogP contribution in [0.4, 0.5) is 5.69 Å². The molecule has 17 heavy (non-hydrogen) atoms. The number of hydrogen-bond acceptors (Lipinski definition) is 4. The number of amides is 1. The zero-order valence-electron chi connectivity index (χ0n) is 9.12. The first kappa shape index (κ1) is 12.1. The van der Waals surface area contributed by atoms with E-state index >= 15 is 0 Å². The first-order chi connectivity index (χ1) is 8.13. The number of anilines is 1. The number of nitrogens with one attached hydrogen (secondary N) is 2. The van der Waals surface area contributed by atoms with Gasteiger partial charge in [-0.15, -0.1) is 0 Å². The van der Waals surface area contributed by atoms with E-state index in [0.29, 0.717) is 0 Å². The lowest BCUT2D eigenvalue weighted by molar-refractivity contribution is -0.139. The molecule has 6 heteroatoms. The summed E-state index contributed by atoms with van der Waals surface area (Å²) in [5.74, 6) is -0.575. The highest BCUT2D eigenvalue weighted by atomic mass is 79.9. The molecule has 0 radical (unpaired) electrons. The SMILES string of the molecule is COC(=O)CNC1C(=O)Nc2cccc(Br)c21. The molecule has 0 fully saturated rings. The van der Waals surface area contributed by atoms with Crippen LogP contribution in [0.15, 0.2) is 22.7 Å². The monoisotopic (exact) mass is 298 g/mol. The summed E-state index contributed by atoms with van der Waals surface area (Å²) in [6, 6.07) is 4.98. The van der Waals surface area contributed by atoms with Crippen LogP contribution in [0.5, 0.6) is 0 Å². The molecule has 0 spiro atoms. The summed E-state index contributed by atoms with van der Waals surface area (Å²) in [5, 5.41) is 5.61. The summed E-state index contributed by atoms with van der Waals surface area (Å²) in [4.78, 5) is 22.8. The molecule has 90 valence electrons. The molecule has 0 aromatic heterocycles. The van der Waals surface area contributed by atoms with Crippen molar-refractivity contribution in [1.82, 2.24) is 5.32 Å². The normalized spacial score (nSPS) is 17.5. The Kier molecular flexibility index (Phi) is 3.44. The molecule has 1 aliphatic heterocycles. The van der Waals surface area contributed by atoms with Crippen LogP contribution in [0.25, 0.3) is 0 Å². The summed E-state index contributed by atoms with van der Waals surface area (Å²) in [6.45, 7) is -0.00460. The van der Waals surface area contributed by atoms with Gasteiger partial charge in [0.2, 0.25) is 5.91 Å². The van der Waals surface area contributed by atoms with Crippen LogP contribution in [0.1, 0.15) is 11.6 Å². The first-order valence-corrected chi connectivity index (χ1v) is 5.82. The van der Waals surface area contributed by atoms with E-state index < -0.39 is 12.0 Å². The quantitative estimate of drug-likeness (QED) is 0.823. The van der Waals surface area contributed by atoms with Crippen LogP contribution >= 0.6 is 15.9 Å². The smallest absolute Gasteiger partial charge is 0.319 e. The fraction of sp³-hybridized carbons (Fsp3) is 0.273. The van der Waals surface area contributed by atoms with Crippen molar-refractivity contribution < 1.29 is 14.3 Å². The Bertz CT molecular complexity index is 476. The predicted molar refractivity (Wildman–Crippen MR) is 65.5 cm³/mol. The molecular formula is C11H11BrN2O3. The summed E-state index contributed by atoms with van der Waals surface area (Å²) >= 11 is 3.39. The summed E-state index contributed by atoms with van der Waals surface area (Å²) in [7, 11) is 1.31. The molecule has 1 aromatic rings. The Labute approximate surface area is 107 Å². The maximum atomic E-state index is 11.7. The van der Waals surface area contributed by atoms with Gasteiger partial charge in [-0.2, -0.15) is 0 Å². The Morgan fingerprint density at radius 1 is 1.59 bits per heavy atom. The average molecular weight is 299 g/mol. The molecule has 0 bridgehead atoms. The van der Waals surface area contributed by atoms with Crippen molar-refractivity contribution in [3.8, 4) is 0 Å². The third-order valence-corrected chi connectivity index (χ3v) is 3.23.